The summed E-state index contributed by atoms with van der Waals surface area (Å²) in [5.74, 6) is 0.909. The molecule has 2 aliphatic heterocycles. The highest BCUT2D eigenvalue weighted by Crippen LogP contribution is 2.38. The minimum atomic E-state index is -0.0619. The third-order valence-corrected chi connectivity index (χ3v) is 8.42. The zero-order valence-corrected chi connectivity index (χ0v) is 22.1. The topological polar surface area (TPSA) is 53.1 Å². The molecule has 0 radical (unpaired) electrons. The van der Waals surface area contributed by atoms with E-state index in [4.69, 9.17) is 16.3 Å². The minimum Gasteiger partial charge on any atom is -0.497 e. The van der Waals surface area contributed by atoms with Gasteiger partial charge in [-0.1, -0.05) is 23.7 Å². The maximum absolute atomic E-state index is 13.5. The lowest BCUT2D eigenvalue weighted by Crippen LogP contribution is -2.57. The number of hydrogen-bond donors (Lipinski definition) is 0. The Balaban J connectivity index is 1.27. The number of ether oxygens (including phenoxy) is 1. The summed E-state index contributed by atoms with van der Waals surface area (Å²) in [6.07, 6.45) is 0.951. The summed E-state index contributed by atoms with van der Waals surface area (Å²) in [7, 11) is 1.67. The first-order valence-corrected chi connectivity index (χ1v) is 13.5. The number of hydrogen-bond acceptors (Lipinski definition) is 5. The van der Waals surface area contributed by atoms with Gasteiger partial charge in [0.25, 0.3) is 5.91 Å². The van der Waals surface area contributed by atoms with Crippen LogP contribution in [0, 0.1) is 0 Å². The molecular formula is C28H30ClN3O3S. The molecule has 3 aromatic rings. The largest absolute Gasteiger partial charge is 0.497 e. The number of nitrogens with zero attached hydrogens (tertiary/aromatic N) is 3. The minimum absolute atomic E-state index is 0.0214. The summed E-state index contributed by atoms with van der Waals surface area (Å²) in [6, 6.07) is 17.3. The SMILES string of the molecule is COc1ccc([C@@H]2c3ccsc3CCN2CC(=O)N2CCN(C(=O)c3ccc(Cl)cc3)[C@H](C)C2)cc1. The Bertz CT molecular complexity index is 1230. The third kappa shape index (κ3) is 5.01. The summed E-state index contributed by atoms with van der Waals surface area (Å²) >= 11 is 7.76. The Morgan fingerprint density at radius 1 is 1.03 bits per heavy atom. The van der Waals surface area contributed by atoms with E-state index in [-0.39, 0.29) is 23.9 Å². The van der Waals surface area contributed by atoms with Gasteiger partial charge < -0.3 is 14.5 Å². The highest BCUT2D eigenvalue weighted by molar-refractivity contribution is 7.10. The number of carbonyl (C=O) groups excluding carboxylic acids is 2. The fraction of sp³-hybridized carbons (Fsp3) is 0.357. The molecule has 0 N–H and O–H groups in total. The number of fused-ring (bicyclic) bond motifs is 1. The molecule has 0 saturated carbocycles. The van der Waals surface area contributed by atoms with E-state index in [1.165, 1.54) is 10.4 Å². The van der Waals surface area contributed by atoms with Crippen molar-refractivity contribution in [2.24, 2.45) is 0 Å². The van der Waals surface area contributed by atoms with E-state index in [2.05, 4.69) is 28.5 Å². The van der Waals surface area contributed by atoms with Crippen LogP contribution in [0.1, 0.15) is 39.3 Å². The Morgan fingerprint density at radius 3 is 2.47 bits per heavy atom. The molecule has 2 aliphatic rings. The van der Waals surface area contributed by atoms with Gasteiger partial charge in [0.15, 0.2) is 0 Å². The molecule has 0 unspecified atom stereocenters. The zero-order valence-electron chi connectivity index (χ0n) is 20.5. The molecule has 1 saturated heterocycles. The molecule has 2 atom stereocenters. The van der Waals surface area contributed by atoms with Gasteiger partial charge in [-0.25, -0.2) is 0 Å². The number of amides is 2. The first-order chi connectivity index (χ1) is 17.4. The zero-order chi connectivity index (χ0) is 25.2. The van der Waals surface area contributed by atoms with Crippen LogP contribution >= 0.6 is 22.9 Å². The van der Waals surface area contributed by atoms with Gasteiger partial charge in [-0.2, -0.15) is 0 Å². The molecule has 36 heavy (non-hydrogen) atoms. The number of rotatable bonds is 5. The van der Waals surface area contributed by atoms with Crippen LogP contribution in [-0.2, 0) is 11.2 Å². The van der Waals surface area contributed by atoms with Gasteiger partial charge in [0.05, 0.1) is 19.7 Å². The molecule has 0 spiro atoms. The predicted molar refractivity (Wildman–Crippen MR) is 143 cm³/mol. The molecule has 0 aliphatic carbocycles. The van der Waals surface area contributed by atoms with E-state index in [9.17, 15) is 9.59 Å². The van der Waals surface area contributed by atoms with Gasteiger partial charge in [0, 0.05) is 47.7 Å². The van der Waals surface area contributed by atoms with Crippen LogP contribution in [0.2, 0.25) is 5.02 Å². The van der Waals surface area contributed by atoms with E-state index in [0.29, 0.717) is 36.8 Å². The molecule has 2 aromatic carbocycles. The molecule has 2 amide bonds. The van der Waals surface area contributed by atoms with Crippen molar-refractivity contribution in [1.29, 1.82) is 0 Å². The van der Waals surface area contributed by atoms with Crippen LogP contribution in [0.4, 0.5) is 0 Å². The molecule has 8 heteroatoms. The lowest BCUT2D eigenvalue weighted by atomic mass is 9.93. The average Bonchev–Trinajstić information content (AvgIpc) is 3.37. The van der Waals surface area contributed by atoms with Gasteiger partial charge in [0.2, 0.25) is 5.91 Å². The van der Waals surface area contributed by atoms with Crippen LogP contribution in [0.3, 0.4) is 0 Å². The van der Waals surface area contributed by atoms with Crippen molar-refractivity contribution in [3.63, 3.8) is 0 Å². The second-order valence-corrected chi connectivity index (χ2v) is 10.8. The Kier molecular flexibility index (Phi) is 7.32. The summed E-state index contributed by atoms with van der Waals surface area (Å²) in [5.41, 5.74) is 3.07. The maximum Gasteiger partial charge on any atom is 0.254 e. The van der Waals surface area contributed by atoms with Crippen molar-refractivity contribution >= 4 is 34.8 Å². The van der Waals surface area contributed by atoms with Gasteiger partial charge >= 0.3 is 0 Å². The molecule has 3 heterocycles. The smallest absolute Gasteiger partial charge is 0.254 e. The van der Waals surface area contributed by atoms with Gasteiger partial charge in [-0.15, -0.1) is 11.3 Å². The number of piperazine rings is 1. The van der Waals surface area contributed by atoms with E-state index in [1.807, 2.05) is 28.9 Å². The second-order valence-electron chi connectivity index (χ2n) is 9.39. The monoisotopic (exact) mass is 523 g/mol. The average molecular weight is 524 g/mol. The fourth-order valence-corrected chi connectivity index (χ4v) is 6.26. The van der Waals surface area contributed by atoms with Crippen molar-refractivity contribution < 1.29 is 14.3 Å². The highest BCUT2D eigenvalue weighted by atomic mass is 35.5. The molecule has 1 fully saturated rings. The highest BCUT2D eigenvalue weighted by Gasteiger charge is 2.34. The van der Waals surface area contributed by atoms with E-state index < -0.39 is 0 Å². The summed E-state index contributed by atoms with van der Waals surface area (Å²) in [4.78, 5) is 33.9. The second kappa shape index (κ2) is 10.6. The lowest BCUT2D eigenvalue weighted by molar-refractivity contribution is -0.135. The van der Waals surface area contributed by atoms with E-state index in [1.54, 1.807) is 42.7 Å². The quantitative estimate of drug-likeness (QED) is 0.485. The Morgan fingerprint density at radius 2 is 1.78 bits per heavy atom. The maximum atomic E-state index is 13.5. The molecule has 6 nitrogen and oxygen atoms in total. The van der Waals surface area contributed by atoms with Gasteiger partial charge in [-0.3, -0.25) is 14.5 Å². The van der Waals surface area contributed by atoms with Gasteiger partial charge in [-0.05, 0) is 72.3 Å². The molecule has 0 bridgehead atoms. The van der Waals surface area contributed by atoms with Crippen LogP contribution in [0.5, 0.6) is 5.75 Å². The number of halogens is 1. The predicted octanol–water partition coefficient (Wildman–Crippen LogP) is 4.73. The molecule has 5 rings (SSSR count). The Hall–Kier alpha value is -2.87. The fourth-order valence-electron chi connectivity index (χ4n) is 5.23. The Labute approximate surface area is 221 Å². The van der Waals surface area contributed by atoms with Gasteiger partial charge in [0.1, 0.15) is 5.75 Å². The van der Waals surface area contributed by atoms with Crippen LogP contribution in [-0.4, -0.2) is 72.4 Å². The van der Waals surface area contributed by atoms with E-state index in [0.717, 1.165) is 24.3 Å². The molecule has 188 valence electrons. The first kappa shape index (κ1) is 24.8. The van der Waals surface area contributed by atoms with E-state index >= 15 is 0 Å². The summed E-state index contributed by atoms with van der Waals surface area (Å²) in [6.45, 7) is 4.78. The van der Waals surface area contributed by atoms with Crippen molar-refractivity contribution in [3.05, 3.63) is 86.6 Å². The summed E-state index contributed by atoms with van der Waals surface area (Å²) in [5, 5.41) is 2.75. The normalized spacial score (nSPS) is 20.2. The number of thiophene rings is 1. The lowest BCUT2D eigenvalue weighted by Gasteiger charge is -2.42. The van der Waals surface area contributed by atoms with Crippen LogP contribution in [0.25, 0.3) is 0 Å². The summed E-state index contributed by atoms with van der Waals surface area (Å²) < 4.78 is 5.34. The van der Waals surface area contributed by atoms with Crippen molar-refractivity contribution in [2.45, 2.75) is 25.4 Å². The van der Waals surface area contributed by atoms with Crippen LogP contribution < -0.4 is 4.74 Å². The van der Waals surface area contributed by atoms with Crippen molar-refractivity contribution in [2.75, 3.05) is 39.8 Å². The third-order valence-electron chi connectivity index (χ3n) is 7.17. The van der Waals surface area contributed by atoms with Crippen molar-refractivity contribution in [3.8, 4) is 5.75 Å². The standard InChI is InChI=1S/C28H30ClN3O3S/c1-19-17-30(14-15-32(19)28(34)21-3-7-22(29)8-4-21)26(33)18-31-13-11-25-24(12-16-36-25)27(31)20-5-9-23(35-2)10-6-20/h3-10,12,16,19,27H,11,13-15,17-18H2,1-2H3/t19-,27-/m1/s1. The molecular weight excluding hydrogens is 494 g/mol. The van der Waals surface area contributed by atoms with Crippen molar-refractivity contribution in [1.82, 2.24) is 14.7 Å². The number of carbonyl (C=O) groups is 2. The number of benzene rings is 2. The number of methoxy groups -OCH3 is 1. The molecule has 1 aromatic heterocycles. The van der Waals surface area contributed by atoms with Crippen LogP contribution in [0.15, 0.2) is 60.0 Å². The first-order valence-electron chi connectivity index (χ1n) is 12.2.